The van der Waals surface area contributed by atoms with Crippen molar-refractivity contribution < 1.29 is 0 Å². The second-order valence-electron chi connectivity index (χ2n) is 9.08. The Morgan fingerprint density at radius 2 is 1.64 bits per heavy atom. The lowest BCUT2D eigenvalue weighted by Gasteiger charge is -2.18. The van der Waals surface area contributed by atoms with E-state index in [0.29, 0.717) is 0 Å². The Kier molecular flexibility index (Phi) is 7.02. The highest BCUT2D eigenvalue weighted by molar-refractivity contribution is 6.02. The Bertz CT molecular complexity index is 1040. The lowest BCUT2D eigenvalue weighted by molar-refractivity contribution is 0.349. The predicted octanol–water partition coefficient (Wildman–Crippen LogP) is 3.59. The molecule has 1 saturated heterocycles. The second-order valence-corrected chi connectivity index (χ2v) is 9.08. The van der Waals surface area contributed by atoms with E-state index in [2.05, 4.69) is 87.1 Å². The summed E-state index contributed by atoms with van der Waals surface area (Å²) in [6, 6.07) is 21.5. The van der Waals surface area contributed by atoms with Gasteiger partial charge in [0, 0.05) is 31.9 Å². The van der Waals surface area contributed by atoms with E-state index in [9.17, 15) is 0 Å². The largest absolute Gasteiger partial charge is 0.380 e. The van der Waals surface area contributed by atoms with Crippen molar-refractivity contribution >= 4 is 11.5 Å². The van der Waals surface area contributed by atoms with Gasteiger partial charge >= 0.3 is 0 Å². The van der Waals surface area contributed by atoms with E-state index in [4.69, 9.17) is 10.1 Å². The number of likely N-dealkylation sites (tertiary alicyclic amines) is 1. The number of rotatable bonds is 8. The Balaban J connectivity index is 1.31. The lowest BCUT2D eigenvalue weighted by atomic mass is 10.1. The molecule has 0 bridgehead atoms. The highest BCUT2D eigenvalue weighted by Crippen LogP contribution is 2.19. The van der Waals surface area contributed by atoms with Crippen LogP contribution in [0.15, 0.2) is 71.9 Å². The smallest absolute Gasteiger partial charge is 0.151 e. The first kappa shape index (κ1) is 21.7. The number of amidine groups is 1. The predicted molar refractivity (Wildman–Crippen MR) is 135 cm³/mol. The third-order valence-electron chi connectivity index (χ3n) is 6.55. The summed E-state index contributed by atoms with van der Waals surface area (Å²) >= 11 is 0. The maximum absolute atomic E-state index is 5.02. The van der Waals surface area contributed by atoms with Crippen molar-refractivity contribution in [2.75, 3.05) is 38.0 Å². The van der Waals surface area contributed by atoms with E-state index in [1.807, 2.05) is 0 Å². The molecule has 1 fully saturated rings. The molecule has 172 valence electrons. The van der Waals surface area contributed by atoms with Crippen molar-refractivity contribution in [1.82, 2.24) is 20.0 Å². The van der Waals surface area contributed by atoms with Crippen molar-refractivity contribution in [3.63, 3.8) is 0 Å². The van der Waals surface area contributed by atoms with E-state index >= 15 is 0 Å². The Morgan fingerprint density at radius 3 is 2.39 bits per heavy atom. The summed E-state index contributed by atoms with van der Waals surface area (Å²) in [6.45, 7) is 5.93. The lowest BCUT2D eigenvalue weighted by Crippen LogP contribution is -2.40. The molecule has 2 aliphatic heterocycles. The van der Waals surface area contributed by atoms with Crippen LogP contribution >= 0.6 is 0 Å². The minimum absolute atomic E-state index is 0.268. The van der Waals surface area contributed by atoms with Crippen LogP contribution in [0, 0.1) is 0 Å². The summed E-state index contributed by atoms with van der Waals surface area (Å²) in [6.07, 6.45) is 6.69. The highest BCUT2D eigenvalue weighted by atomic mass is 15.3. The maximum atomic E-state index is 5.02. The van der Waals surface area contributed by atoms with E-state index in [0.717, 1.165) is 56.2 Å². The molecular formula is C27H34N6. The topological polar surface area (TPSA) is 57.5 Å². The van der Waals surface area contributed by atoms with E-state index < -0.39 is 0 Å². The second kappa shape index (κ2) is 10.7. The molecule has 0 saturated carbocycles. The highest BCUT2D eigenvalue weighted by Gasteiger charge is 2.23. The number of hydrogen-bond acceptors (Lipinski definition) is 4. The summed E-state index contributed by atoms with van der Waals surface area (Å²) in [7, 11) is 0. The molecule has 0 aliphatic carbocycles. The van der Waals surface area contributed by atoms with E-state index in [-0.39, 0.29) is 6.04 Å². The van der Waals surface area contributed by atoms with Gasteiger partial charge in [0.25, 0.3) is 0 Å². The van der Waals surface area contributed by atoms with Gasteiger partial charge in [0.05, 0.1) is 12.2 Å². The number of hydrogen-bond donors (Lipinski definition) is 2. The van der Waals surface area contributed by atoms with Crippen molar-refractivity contribution in [2.45, 2.75) is 38.3 Å². The zero-order valence-electron chi connectivity index (χ0n) is 19.3. The molecule has 3 heterocycles. The number of nitrogens with zero attached hydrogens (tertiary/aromatic N) is 4. The Hall–Kier alpha value is -3.12. The first-order valence-corrected chi connectivity index (χ1v) is 12.3. The molecule has 2 N–H and O–H groups in total. The van der Waals surface area contributed by atoms with Gasteiger partial charge in [0.1, 0.15) is 0 Å². The summed E-state index contributed by atoms with van der Waals surface area (Å²) < 4.78 is 2.06. The van der Waals surface area contributed by atoms with Crippen LogP contribution in [0.25, 0.3) is 0 Å². The van der Waals surface area contributed by atoms with Crippen molar-refractivity contribution in [3.05, 3.63) is 83.7 Å². The molecule has 1 atom stereocenters. The number of fused-ring (bicyclic) bond motifs is 1. The number of nitrogens with one attached hydrogen (secondary N) is 2. The van der Waals surface area contributed by atoms with Crippen LogP contribution in [0.5, 0.6) is 0 Å². The summed E-state index contributed by atoms with van der Waals surface area (Å²) in [5.41, 5.74) is 4.68. The Morgan fingerprint density at radius 1 is 0.909 bits per heavy atom. The zero-order valence-corrected chi connectivity index (χ0v) is 19.3. The molecule has 0 spiro atoms. The first-order valence-electron chi connectivity index (χ1n) is 12.3. The molecule has 6 nitrogen and oxygen atoms in total. The van der Waals surface area contributed by atoms with Crippen LogP contribution in [0.1, 0.15) is 29.7 Å². The van der Waals surface area contributed by atoms with Gasteiger partial charge in [-0.05, 0) is 49.9 Å². The fourth-order valence-corrected chi connectivity index (χ4v) is 4.73. The number of benzene rings is 2. The van der Waals surface area contributed by atoms with Gasteiger partial charge in [-0.3, -0.25) is 9.67 Å². The fraction of sp³-hybridized carbons (Fsp3) is 0.407. The zero-order chi connectivity index (χ0) is 22.3. The van der Waals surface area contributed by atoms with Crippen LogP contribution in [-0.2, 0) is 19.4 Å². The number of anilines is 1. The number of aliphatic imine (C=N–C) groups is 1. The fourth-order valence-electron chi connectivity index (χ4n) is 4.73. The standard InChI is InChI=1S/C27H34N6/c1-3-9-22(10-4-1)13-17-33-21-25-26(31-33)27(28-14-18-32-15-7-8-16-32)30-24(20-29-25)19-23-11-5-2-6-12-23/h1-6,9-12,21,24,29H,7-8,13-20H2,(H,28,30). The molecule has 33 heavy (non-hydrogen) atoms. The number of aryl methyl sites for hydroxylation is 2. The van der Waals surface area contributed by atoms with Crippen LogP contribution in [0.2, 0.25) is 0 Å². The van der Waals surface area contributed by atoms with E-state index in [1.54, 1.807) is 0 Å². The molecule has 2 aliphatic rings. The summed E-state index contributed by atoms with van der Waals surface area (Å²) in [5, 5.41) is 12.3. The van der Waals surface area contributed by atoms with Crippen molar-refractivity contribution in [3.8, 4) is 0 Å². The molecule has 2 aromatic carbocycles. The first-order chi connectivity index (χ1) is 16.3. The van der Waals surface area contributed by atoms with Gasteiger partial charge in [0.15, 0.2) is 11.5 Å². The van der Waals surface area contributed by atoms with Crippen LogP contribution in [-0.4, -0.2) is 59.3 Å². The average Bonchev–Trinajstić information content (AvgIpc) is 3.49. The molecule has 6 heteroatoms. The van der Waals surface area contributed by atoms with Crippen LogP contribution < -0.4 is 10.6 Å². The summed E-state index contributed by atoms with van der Waals surface area (Å²) in [4.78, 5) is 7.53. The van der Waals surface area contributed by atoms with Gasteiger partial charge in [-0.1, -0.05) is 60.7 Å². The van der Waals surface area contributed by atoms with Gasteiger partial charge in [-0.25, -0.2) is 0 Å². The van der Waals surface area contributed by atoms with Gasteiger partial charge in [-0.15, -0.1) is 0 Å². The van der Waals surface area contributed by atoms with Crippen LogP contribution in [0.4, 0.5) is 5.69 Å². The molecule has 1 unspecified atom stereocenters. The molecule has 0 radical (unpaired) electrons. The molecule has 1 aromatic heterocycles. The third kappa shape index (κ3) is 5.82. The van der Waals surface area contributed by atoms with Crippen molar-refractivity contribution in [2.24, 2.45) is 4.99 Å². The minimum atomic E-state index is 0.268. The normalized spacial score (nSPS) is 19.6. The minimum Gasteiger partial charge on any atom is -0.380 e. The third-order valence-corrected chi connectivity index (χ3v) is 6.55. The molecular weight excluding hydrogens is 408 g/mol. The van der Waals surface area contributed by atoms with Gasteiger partial charge in [-0.2, -0.15) is 5.10 Å². The summed E-state index contributed by atoms with van der Waals surface area (Å²) in [5.74, 6) is 0.925. The SMILES string of the molecule is c1ccc(CCn2cc3c(n2)C(=NCCN2CCCC2)NC(Cc2ccccc2)CN3)cc1. The monoisotopic (exact) mass is 442 g/mol. The Labute approximate surface area is 196 Å². The van der Waals surface area contributed by atoms with Crippen molar-refractivity contribution in [1.29, 1.82) is 0 Å². The van der Waals surface area contributed by atoms with E-state index in [1.165, 1.54) is 37.1 Å². The molecule has 3 aromatic rings. The maximum Gasteiger partial charge on any atom is 0.151 e. The molecule has 5 rings (SSSR count). The van der Waals surface area contributed by atoms with Gasteiger partial charge < -0.3 is 15.5 Å². The average molecular weight is 443 g/mol. The van der Waals surface area contributed by atoms with Crippen LogP contribution in [0.3, 0.4) is 0 Å². The quantitative estimate of drug-likeness (QED) is 0.560. The molecule has 0 amide bonds. The number of aromatic nitrogens is 2. The van der Waals surface area contributed by atoms with Gasteiger partial charge in [0.2, 0.25) is 0 Å².